The third kappa shape index (κ3) is 9.55. The van der Waals surface area contributed by atoms with Crippen LogP contribution in [0.25, 0.3) is 0 Å². The van der Waals surface area contributed by atoms with E-state index in [4.69, 9.17) is 28.4 Å². The molecule has 4 atom stereocenters. The molecule has 42 heavy (non-hydrogen) atoms. The summed E-state index contributed by atoms with van der Waals surface area (Å²) in [6, 6.07) is 7.14. The Morgan fingerprint density at radius 2 is 1.67 bits per heavy atom. The number of hydrogen-bond donors (Lipinski definition) is 1. The van der Waals surface area contributed by atoms with Crippen molar-refractivity contribution in [3.8, 4) is 5.75 Å². The van der Waals surface area contributed by atoms with Crippen LogP contribution in [0.4, 0.5) is 10.5 Å². The normalized spacial score (nSPS) is 26.8. The van der Waals surface area contributed by atoms with Gasteiger partial charge in [0.2, 0.25) is 5.79 Å². The highest BCUT2D eigenvalue weighted by Gasteiger charge is 2.66. The van der Waals surface area contributed by atoms with Crippen LogP contribution in [-0.4, -0.2) is 80.8 Å². The van der Waals surface area contributed by atoms with Crippen molar-refractivity contribution in [3.05, 3.63) is 24.3 Å². The molecular weight excluding hydrogens is 536 g/mol. The number of ether oxygens (including phenoxy) is 6. The average molecular weight is 591 g/mol. The van der Waals surface area contributed by atoms with Gasteiger partial charge in [-0.1, -0.05) is 51.9 Å². The number of benzene rings is 1. The molecule has 238 valence electrons. The van der Waals surface area contributed by atoms with Crippen LogP contribution in [0.5, 0.6) is 5.75 Å². The van der Waals surface area contributed by atoms with Crippen LogP contribution in [0.1, 0.15) is 97.8 Å². The van der Waals surface area contributed by atoms with E-state index in [9.17, 15) is 4.79 Å². The number of amides is 1. The third-order valence-electron chi connectivity index (χ3n) is 8.47. The molecule has 9 heteroatoms. The summed E-state index contributed by atoms with van der Waals surface area (Å²) in [5.74, 6) is -1.29. The van der Waals surface area contributed by atoms with Crippen molar-refractivity contribution in [2.45, 2.75) is 128 Å². The summed E-state index contributed by atoms with van der Waals surface area (Å²) in [4.78, 5) is 15.6. The van der Waals surface area contributed by atoms with Gasteiger partial charge in [0.1, 0.15) is 18.5 Å². The second-order valence-electron chi connectivity index (χ2n) is 12.5. The molecule has 3 aliphatic rings. The number of methoxy groups -OCH3 is 1. The molecule has 3 aliphatic heterocycles. The number of nitrogens with one attached hydrogen (secondary N) is 1. The van der Waals surface area contributed by atoms with Crippen molar-refractivity contribution in [2.24, 2.45) is 0 Å². The summed E-state index contributed by atoms with van der Waals surface area (Å²) >= 11 is 0. The fraction of sp³-hybridized carbons (Fsp3) is 0.788. The van der Waals surface area contributed by atoms with Gasteiger partial charge in [0.25, 0.3) is 0 Å². The molecule has 9 nitrogen and oxygen atoms in total. The highest BCUT2D eigenvalue weighted by molar-refractivity contribution is 5.84. The van der Waals surface area contributed by atoms with Crippen LogP contribution < -0.4 is 10.1 Å². The first-order valence-electron chi connectivity index (χ1n) is 16.3. The number of likely N-dealkylation sites (tertiary alicyclic amines) is 1. The second kappa shape index (κ2) is 16.2. The second-order valence-corrected chi connectivity index (χ2v) is 12.5. The Kier molecular flexibility index (Phi) is 12.8. The van der Waals surface area contributed by atoms with Crippen LogP contribution in [0, 0.1) is 0 Å². The van der Waals surface area contributed by atoms with Gasteiger partial charge in [-0.3, -0.25) is 5.32 Å². The maximum atomic E-state index is 13.1. The molecule has 1 N–H and O–H groups in total. The molecule has 3 heterocycles. The minimum absolute atomic E-state index is 0.236. The maximum absolute atomic E-state index is 13.1. The molecule has 0 aromatic heterocycles. The lowest BCUT2D eigenvalue weighted by Crippen LogP contribution is -2.46. The molecule has 1 aromatic carbocycles. The topological polar surface area (TPSA) is 87.7 Å². The lowest BCUT2D eigenvalue weighted by atomic mass is 10.0. The molecule has 0 radical (unpaired) electrons. The molecular formula is C33H54N2O7. The van der Waals surface area contributed by atoms with Gasteiger partial charge in [-0.15, -0.1) is 0 Å². The first kappa shape index (κ1) is 33.0. The summed E-state index contributed by atoms with van der Waals surface area (Å²) in [6.45, 7) is 10.2. The molecule has 0 unspecified atom stereocenters. The van der Waals surface area contributed by atoms with Gasteiger partial charge in [0.05, 0.1) is 7.11 Å². The van der Waals surface area contributed by atoms with Gasteiger partial charge in [0.15, 0.2) is 18.0 Å². The number of carbonyl (C=O) groups is 1. The Hall–Kier alpha value is -1.91. The zero-order valence-corrected chi connectivity index (χ0v) is 26.4. The van der Waals surface area contributed by atoms with Gasteiger partial charge in [-0.05, 0) is 89.9 Å². The molecule has 1 aromatic rings. The zero-order chi connectivity index (χ0) is 29.8. The Labute approximate surface area is 252 Å². The smallest absolute Gasteiger partial charge is 0.412 e. The number of rotatable bonds is 18. The van der Waals surface area contributed by atoms with Gasteiger partial charge in [-0.25, -0.2) is 4.79 Å². The predicted octanol–water partition coefficient (Wildman–Crippen LogP) is 6.89. The highest BCUT2D eigenvalue weighted by Crippen LogP contribution is 2.47. The van der Waals surface area contributed by atoms with Crippen LogP contribution in [0.2, 0.25) is 0 Å². The van der Waals surface area contributed by atoms with E-state index in [1.807, 2.05) is 13.8 Å². The largest absolute Gasteiger partial charge is 0.497 e. The Balaban J connectivity index is 1.35. The molecule has 3 saturated heterocycles. The monoisotopic (exact) mass is 590 g/mol. The average Bonchev–Trinajstić information content (AvgIpc) is 3.64. The Bertz CT molecular complexity index is 937. The fourth-order valence-corrected chi connectivity index (χ4v) is 6.35. The maximum Gasteiger partial charge on any atom is 0.412 e. The fourth-order valence-electron chi connectivity index (χ4n) is 6.35. The molecule has 0 spiro atoms. The van der Waals surface area contributed by atoms with E-state index in [-0.39, 0.29) is 12.7 Å². The van der Waals surface area contributed by atoms with Gasteiger partial charge in [-0.2, -0.15) is 0 Å². The first-order valence-corrected chi connectivity index (χ1v) is 16.3. The summed E-state index contributed by atoms with van der Waals surface area (Å²) in [7, 11) is 1.61. The van der Waals surface area contributed by atoms with Gasteiger partial charge in [0, 0.05) is 12.3 Å². The number of fused-ring (bicyclic) bond motifs is 1. The summed E-state index contributed by atoms with van der Waals surface area (Å²) < 4.78 is 36.8. The lowest BCUT2D eigenvalue weighted by Gasteiger charge is -2.29. The van der Waals surface area contributed by atoms with Gasteiger partial charge < -0.3 is 33.3 Å². The van der Waals surface area contributed by atoms with E-state index in [0.717, 1.165) is 45.3 Å². The third-order valence-corrected chi connectivity index (χ3v) is 8.47. The molecule has 0 saturated carbocycles. The van der Waals surface area contributed by atoms with Crippen molar-refractivity contribution < 1.29 is 33.2 Å². The predicted molar refractivity (Wildman–Crippen MR) is 163 cm³/mol. The van der Waals surface area contributed by atoms with Gasteiger partial charge >= 0.3 is 6.09 Å². The summed E-state index contributed by atoms with van der Waals surface area (Å²) in [5, 5.41) is 2.83. The number of carbonyl (C=O) groups excluding carboxylic acids is 1. The number of anilines is 1. The van der Waals surface area contributed by atoms with E-state index in [1.165, 1.54) is 51.4 Å². The molecule has 1 amide bonds. The summed E-state index contributed by atoms with van der Waals surface area (Å²) in [6.07, 6.45) is 12.0. The zero-order valence-electron chi connectivity index (χ0n) is 26.4. The highest BCUT2D eigenvalue weighted by atomic mass is 16.9. The van der Waals surface area contributed by atoms with E-state index in [2.05, 4.69) is 17.1 Å². The van der Waals surface area contributed by atoms with E-state index < -0.39 is 29.9 Å². The standard InChI is InChI=1S/C33H54N2O7/c1-5-6-7-8-9-10-11-14-24-38-25-33-30(41-32(2,3)42-33)29(28(40-33)16-15-23-35-21-12-13-22-35)39-31(36)34-26-17-19-27(37-4)20-18-26/h17-20,28-30H,5-16,21-25H2,1-4H3,(H,34,36)/t28-,29+,30-,33-/m0/s1. The Morgan fingerprint density at radius 1 is 0.976 bits per heavy atom. The Morgan fingerprint density at radius 3 is 2.36 bits per heavy atom. The van der Waals surface area contributed by atoms with Crippen LogP contribution in [0.15, 0.2) is 24.3 Å². The van der Waals surface area contributed by atoms with Crippen molar-refractivity contribution in [2.75, 3.05) is 45.3 Å². The molecule has 0 bridgehead atoms. The minimum atomic E-state index is -1.12. The van der Waals surface area contributed by atoms with Crippen molar-refractivity contribution in [1.29, 1.82) is 0 Å². The summed E-state index contributed by atoms with van der Waals surface area (Å²) in [5.41, 5.74) is 0.620. The van der Waals surface area contributed by atoms with E-state index in [1.54, 1.807) is 31.4 Å². The molecule has 0 aliphatic carbocycles. The quantitative estimate of drug-likeness (QED) is 0.185. The SMILES string of the molecule is CCCCCCCCCCOC[C@@]12O[C@@H](CCCN3CCCC3)[C@@H](OC(=O)Nc3ccc(OC)cc3)[C@@H]1OC(C)(C)O2. The lowest BCUT2D eigenvalue weighted by molar-refractivity contribution is -0.278. The van der Waals surface area contributed by atoms with Crippen LogP contribution >= 0.6 is 0 Å². The van der Waals surface area contributed by atoms with Crippen LogP contribution in [0.3, 0.4) is 0 Å². The first-order chi connectivity index (χ1) is 20.3. The molecule has 3 fully saturated rings. The van der Waals surface area contributed by atoms with Crippen LogP contribution in [-0.2, 0) is 23.7 Å². The minimum Gasteiger partial charge on any atom is -0.497 e. The van der Waals surface area contributed by atoms with Crippen molar-refractivity contribution in [1.82, 2.24) is 4.90 Å². The number of unbranched alkanes of at least 4 members (excludes halogenated alkanes) is 7. The number of nitrogens with zero attached hydrogens (tertiary/aromatic N) is 1. The molecule has 4 rings (SSSR count). The van der Waals surface area contributed by atoms with Crippen molar-refractivity contribution >= 4 is 11.8 Å². The van der Waals surface area contributed by atoms with Crippen molar-refractivity contribution in [3.63, 3.8) is 0 Å². The van der Waals surface area contributed by atoms with E-state index in [0.29, 0.717) is 18.0 Å². The number of hydrogen-bond acceptors (Lipinski definition) is 8. The van der Waals surface area contributed by atoms with E-state index >= 15 is 0 Å².